The fourth-order valence-electron chi connectivity index (χ4n) is 1.97. The molecule has 1 aliphatic heterocycles. The highest BCUT2D eigenvalue weighted by Crippen LogP contribution is 2.28. The highest BCUT2D eigenvalue weighted by atomic mass is 127. The van der Waals surface area contributed by atoms with E-state index in [4.69, 9.17) is 4.74 Å². The topological polar surface area (TPSA) is 88.0 Å². The van der Waals surface area contributed by atoms with Crippen LogP contribution in [0.2, 0.25) is 0 Å². The van der Waals surface area contributed by atoms with Gasteiger partial charge in [0.1, 0.15) is 11.4 Å². The molecule has 1 aromatic carbocycles. The van der Waals surface area contributed by atoms with E-state index in [-0.39, 0.29) is 17.8 Å². The van der Waals surface area contributed by atoms with Crippen LogP contribution in [0, 0.1) is 3.57 Å². The van der Waals surface area contributed by atoms with E-state index in [2.05, 4.69) is 32.9 Å². The van der Waals surface area contributed by atoms with Gasteiger partial charge in [-0.1, -0.05) is 6.07 Å². The number of ether oxygens (including phenoxy) is 1. The number of carbonyl (C=O) groups is 2. The first kappa shape index (κ1) is 17.5. The number of alkyl carbamates (subject to hydrolysis) is 1. The smallest absolute Gasteiger partial charge is 0.413 e. The number of nitrogens with zero attached hydrogens (tertiary/aromatic N) is 1. The van der Waals surface area contributed by atoms with Crippen molar-refractivity contribution in [3.8, 4) is 0 Å². The molecule has 0 atom stereocenters. The Morgan fingerprint density at radius 3 is 2.65 bits per heavy atom. The van der Waals surface area contributed by atoms with Crippen LogP contribution in [0.5, 0.6) is 0 Å². The van der Waals surface area contributed by atoms with Crippen molar-refractivity contribution >= 4 is 52.3 Å². The van der Waals surface area contributed by atoms with Crippen molar-refractivity contribution < 1.29 is 19.4 Å². The number of carboxylic acids is 1. The van der Waals surface area contributed by atoms with E-state index >= 15 is 0 Å². The number of carboxylic acid groups (broad SMARTS) is 1. The minimum Gasteiger partial charge on any atom is -0.478 e. The van der Waals surface area contributed by atoms with Crippen molar-refractivity contribution in [1.82, 2.24) is 5.32 Å². The summed E-state index contributed by atoms with van der Waals surface area (Å²) in [5, 5.41) is 11.9. The van der Waals surface area contributed by atoms with Crippen molar-refractivity contribution in [2.24, 2.45) is 4.99 Å². The summed E-state index contributed by atoms with van der Waals surface area (Å²) < 4.78 is 6.16. The molecule has 0 radical (unpaired) electrons. The van der Waals surface area contributed by atoms with Crippen LogP contribution in [0.3, 0.4) is 0 Å². The quantitative estimate of drug-likeness (QED) is 0.668. The molecule has 1 heterocycles. The molecule has 0 unspecified atom stereocenters. The van der Waals surface area contributed by atoms with Crippen LogP contribution >= 0.6 is 22.6 Å². The van der Waals surface area contributed by atoms with Gasteiger partial charge in [0.15, 0.2) is 0 Å². The average molecular weight is 428 g/mol. The molecule has 1 aliphatic rings. The summed E-state index contributed by atoms with van der Waals surface area (Å²) in [6.45, 7) is 5.26. The molecule has 0 saturated heterocycles. The molecular weight excluding hydrogens is 411 g/mol. The number of amidine groups is 1. The van der Waals surface area contributed by atoms with Crippen molar-refractivity contribution in [3.63, 3.8) is 0 Å². The summed E-state index contributed by atoms with van der Waals surface area (Å²) in [6, 6.07) is 5.51. The van der Waals surface area contributed by atoms with E-state index in [1.807, 2.05) is 12.1 Å². The number of hydrogen-bond acceptors (Lipinski definition) is 4. The number of fused-ring (bicyclic) bond motifs is 1. The average Bonchev–Trinajstić information content (AvgIpc) is 2.54. The van der Waals surface area contributed by atoms with Crippen molar-refractivity contribution in [2.45, 2.75) is 32.8 Å². The van der Waals surface area contributed by atoms with Crippen LogP contribution in [0.15, 0.2) is 28.8 Å². The standard InChI is InChI=1S/C16H17IN2O4/c1-16(2,3)23-15(22)19-13-7-10(14(20)21)6-9-4-5-11(17)8-12(9)18-13/h4-6,8H,7H2,1-3H3,(H,20,21)(H,18,19,22). The lowest BCUT2D eigenvalue weighted by Crippen LogP contribution is -2.36. The van der Waals surface area contributed by atoms with Crippen molar-refractivity contribution in [2.75, 3.05) is 0 Å². The van der Waals surface area contributed by atoms with Gasteiger partial charge in [0.25, 0.3) is 0 Å². The normalized spacial score (nSPS) is 14.1. The van der Waals surface area contributed by atoms with E-state index in [1.165, 1.54) is 0 Å². The second-order valence-electron chi connectivity index (χ2n) is 6.04. The Bertz CT molecular complexity index is 717. The van der Waals surface area contributed by atoms with Gasteiger partial charge in [-0.05, 0) is 61.6 Å². The lowest BCUT2D eigenvalue weighted by Gasteiger charge is -2.20. The van der Waals surface area contributed by atoms with Gasteiger partial charge < -0.3 is 9.84 Å². The molecule has 6 nitrogen and oxygen atoms in total. The second kappa shape index (κ2) is 6.69. The molecule has 122 valence electrons. The Kier molecular flexibility index (Phi) is 5.08. The third kappa shape index (κ3) is 5.05. The molecule has 2 rings (SSSR count). The first-order chi connectivity index (χ1) is 10.6. The largest absolute Gasteiger partial charge is 0.478 e. The van der Waals surface area contributed by atoms with Crippen LogP contribution in [0.25, 0.3) is 6.08 Å². The maximum atomic E-state index is 11.9. The summed E-state index contributed by atoms with van der Waals surface area (Å²) in [7, 11) is 0. The molecular formula is C16H17IN2O4. The zero-order valence-corrected chi connectivity index (χ0v) is 15.2. The highest BCUT2D eigenvalue weighted by molar-refractivity contribution is 14.1. The zero-order chi connectivity index (χ0) is 17.2. The lowest BCUT2D eigenvalue weighted by atomic mass is 10.1. The van der Waals surface area contributed by atoms with E-state index < -0.39 is 17.7 Å². The Morgan fingerprint density at radius 2 is 2.04 bits per heavy atom. The van der Waals surface area contributed by atoms with Gasteiger partial charge in [-0.2, -0.15) is 0 Å². The Morgan fingerprint density at radius 1 is 1.35 bits per heavy atom. The summed E-state index contributed by atoms with van der Waals surface area (Å²) >= 11 is 2.15. The van der Waals surface area contributed by atoms with Gasteiger partial charge >= 0.3 is 12.1 Å². The summed E-state index contributed by atoms with van der Waals surface area (Å²) in [4.78, 5) is 27.7. The van der Waals surface area contributed by atoms with Crippen LogP contribution in [0.4, 0.5) is 10.5 Å². The van der Waals surface area contributed by atoms with Gasteiger partial charge in [-0.25, -0.2) is 14.6 Å². The number of aliphatic imine (C=N–C) groups is 1. The van der Waals surface area contributed by atoms with Gasteiger partial charge in [0.2, 0.25) is 0 Å². The van der Waals surface area contributed by atoms with Crippen LogP contribution in [-0.2, 0) is 9.53 Å². The monoisotopic (exact) mass is 428 g/mol. The van der Waals surface area contributed by atoms with Crippen LogP contribution in [0.1, 0.15) is 32.8 Å². The number of hydrogen-bond donors (Lipinski definition) is 2. The summed E-state index contributed by atoms with van der Waals surface area (Å²) in [5.41, 5.74) is 0.816. The molecule has 2 N–H and O–H groups in total. The number of nitrogens with one attached hydrogen (secondary N) is 1. The molecule has 0 aromatic heterocycles. The minimum absolute atomic E-state index is 0.0137. The van der Waals surface area contributed by atoms with Gasteiger partial charge in [0.05, 0.1) is 5.69 Å². The minimum atomic E-state index is -1.05. The van der Waals surface area contributed by atoms with E-state index in [0.29, 0.717) is 11.3 Å². The second-order valence-corrected chi connectivity index (χ2v) is 7.29. The molecule has 0 saturated carbocycles. The Balaban J connectivity index is 2.34. The van der Waals surface area contributed by atoms with Crippen LogP contribution in [-0.4, -0.2) is 28.6 Å². The number of halogens is 1. The first-order valence-corrected chi connectivity index (χ1v) is 8.03. The molecule has 0 spiro atoms. The van der Waals surface area contributed by atoms with Gasteiger partial charge in [-0.3, -0.25) is 5.32 Å². The number of carbonyl (C=O) groups excluding carboxylic acids is 1. The lowest BCUT2D eigenvalue weighted by molar-refractivity contribution is -0.132. The number of rotatable bonds is 1. The van der Waals surface area contributed by atoms with Gasteiger partial charge in [-0.15, -0.1) is 0 Å². The number of amides is 1. The van der Waals surface area contributed by atoms with Crippen LogP contribution < -0.4 is 5.32 Å². The third-order valence-electron chi connectivity index (χ3n) is 2.86. The summed E-state index contributed by atoms with van der Waals surface area (Å²) in [6.07, 6.45) is 0.927. The molecule has 0 aliphatic carbocycles. The Hall–Kier alpha value is -1.90. The summed E-state index contributed by atoms with van der Waals surface area (Å²) in [5.74, 6) is -0.802. The van der Waals surface area contributed by atoms with Gasteiger partial charge in [0, 0.05) is 21.1 Å². The molecule has 23 heavy (non-hydrogen) atoms. The first-order valence-electron chi connectivity index (χ1n) is 6.95. The molecule has 0 fully saturated rings. The highest BCUT2D eigenvalue weighted by Gasteiger charge is 2.21. The zero-order valence-electron chi connectivity index (χ0n) is 13.0. The maximum Gasteiger partial charge on any atom is 0.413 e. The van der Waals surface area contributed by atoms with Crippen molar-refractivity contribution in [3.05, 3.63) is 32.9 Å². The molecule has 7 heteroatoms. The predicted octanol–water partition coefficient (Wildman–Crippen LogP) is 3.72. The van der Waals surface area contributed by atoms with E-state index in [9.17, 15) is 14.7 Å². The fraction of sp³-hybridized carbons (Fsp3) is 0.312. The van der Waals surface area contributed by atoms with E-state index in [1.54, 1.807) is 32.9 Å². The number of aliphatic carboxylic acids is 1. The molecule has 1 amide bonds. The molecule has 0 bridgehead atoms. The van der Waals surface area contributed by atoms with Crippen molar-refractivity contribution in [1.29, 1.82) is 0 Å². The third-order valence-corrected chi connectivity index (χ3v) is 3.53. The van der Waals surface area contributed by atoms with E-state index in [0.717, 1.165) is 3.57 Å². The fourth-order valence-corrected chi connectivity index (χ4v) is 2.45. The SMILES string of the molecule is CC(C)(C)OC(=O)NC1=Nc2cc(I)ccc2C=C(C(=O)O)C1. The molecule has 1 aromatic rings. The number of benzene rings is 1. The maximum absolute atomic E-state index is 11.9. The predicted molar refractivity (Wildman–Crippen MR) is 95.9 cm³/mol. The Labute approximate surface area is 147 Å².